The van der Waals surface area contributed by atoms with Crippen molar-refractivity contribution in [2.24, 2.45) is 0 Å². The molecule has 2 aromatic carbocycles. The zero-order chi connectivity index (χ0) is 16.2. The fraction of sp³-hybridized carbons (Fsp3) is 0.111. The van der Waals surface area contributed by atoms with Gasteiger partial charge in [-0.3, -0.25) is 4.79 Å². The van der Waals surface area contributed by atoms with Gasteiger partial charge in [-0.05, 0) is 24.6 Å². The van der Waals surface area contributed by atoms with Crippen molar-refractivity contribution < 1.29 is 14.1 Å². The number of aryl methyl sites for hydroxylation is 1. The van der Waals surface area contributed by atoms with E-state index in [0.29, 0.717) is 22.7 Å². The van der Waals surface area contributed by atoms with E-state index < -0.39 is 0 Å². The lowest BCUT2D eigenvalue weighted by molar-refractivity contribution is 0.102. The molecule has 0 saturated carbocycles. The Morgan fingerprint density at radius 2 is 1.96 bits per heavy atom. The number of carbonyl (C=O) groups excluding carboxylic acids is 1. The molecule has 23 heavy (non-hydrogen) atoms. The molecule has 5 nitrogen and oxygen atoms in total. The van der Waals surface area contributed by atoms with Crippen LogP contribution in [-0.2, 0) is 0 Å². The van der Waals surface area contributed by atoms with Crippen molar-refractivity contribution in [2.45, 2.75) is 6.92 Å². The number of anilines is 1. The van der Waals surface area contributed by atoms with Gasteiger partial charge in [0.15, 0.2) is 0 Å². The number of methoxy groups -OCH3 is 1. The molecular weight excluding hydrogens is 292 g/mol. The zero-order valence-electron chi connectivity index (χ0n) is 12.9. The summed E-state index contributed by atoms with van der Waals surface area (Å²) in [6.07, 6.45) is 1.35. The molecule has 1 heterocycles. The van der Waals surface area contributed by atoms with E-state index in [2.05, 4.69) is 10.5 Å². The first-order valence-electron chi connectivity index (χ1n) is 7.15. The van der Waals surface area contributed by atoms with Gasteiger partial charge in [-0.2, -0.15) is 0 Å². The van der Waals surface area contributed by atoms with Crippen molar-refractivity contribution in [1.82, 2.24) is 5.16 Å². The molecule has 0 unspecified atom stereocenters. The molecule has 1 amide bonds. The summed E-state index contributed by atoms with van der Waals surface area (Å²) in [5.74, 6) is 0.302. The van der Waals surface area contributed by atoms with Crippen molar-refractivity contribution in [3.8, 4) is 17.0 Å². The summed E-state index contributed by atoms with van der Waals surface area (Å²) in [4.78, 5) is 12.6. The van der Waals surface area contributed by atoms with Crippen LogP contribution in [0.25, 0.3) is 11.3 Å². The minimum absolute atomic E-state index is 0.297. The van der Waals surface area contributed by atoms with E-state index in [1.807, 2.05) is 55.5 Å². The number of benzene rings is 2. The molecule has 0 aliphatic carbocycles. The summed E-state index contributed by atoms with van der Waals surface area (Å²) in [5, 5.41) is 6.79. The third kappa shape index (κ3) is 3.08. The number of amides is 1. The van der Waals surface area contributed by atoms with Gasteiger partial charge in [0.2, 0.25) is 0 Å². The number of hydrogen-bond donors (Lipinski definition) is 1. The maximum atomic E-state index is 12.6. The van der Waals surface area contributed by atoms with Crippen LogP contribution in [0.1, 0.15) is 15.9 Å². The maximum absolute atomic E-state index is 12.6. The maximum Gasteiger partial charge on any atom is 0.261 e. The first-order chi connectivity index (χ1) is 11.2. The Hall–Kier alpha value is -3.08. The second-order valence-corrected chi connectivity index (χ2v) is 5.10. The van der Waals surface area contributed by atoms with Crippen molar-refractivity contribution in [3.63, 3.8) is 0 Å². The zero-order valence-corrected chi connectivity index (χ0v) is 12.9. The summed E-state index contributed by atoms with van der Waals surface area (Å²) < 4.78 is 10.3. The summed E-state index contributed by atoms with van der Waals surface area (Å²) in [5.41, 5.74) is 3.34. The number of rotatable bonds is 4. The summed E-state index contributed by atoms with van der Waals surface area (Å²) in [7, 11) is 1.56. The predicted octanol–water partition coefficient (Wildman–Crippen LogP) is 3.91. The predicted molar refractivity (Wildman–Crippen MR) is 87.6 cm³/mol. The van der Waals surface area contributed by atoms with Crippen LogP contribution in [0.5, 0.6) is 5.75 Å². The van der Waals surface area contributed by atoms with Gasteiger partial charge in [-0.1, -0.05) is 41.6 Å². The van der Waals surface area contributed by atoms with E-state index in [4.69, 9.17) is 9.26 Å². The minimum atomic E-state index is -0.297. The number of hydrogen-bond acceptors (Lipinski definition) is 4. The van der Waals surface area contributed by atoms with Gasteiger partial charge in [-0.25, -0.2) is 0 Å². The van der Waals surface area contributed by atoms with Crippen LogP contribution in [0.15, 0.2) is 59.3 Å². The van der Waals surface area contributed by atoms with E-state index in [1.165, 1.54) is 6.26 Å². The molecule has 5 heteroatoms. The Balaban J connectivity index is 1.91. The van der Waals surface area contributed by atoms with E-state index >= 15 is 0 Å². The minimum Gasteiger partial charge on any atom is -0.495 e. The molecule has 0 atom stereocenters. The molecule has 0 saturated heterocycles. The SMILES string of the molecule is COc1ccc(C)cc1NC(=O)c1conc1-c1ccccc1. The largest absolute Gasteiger partial charge is 0.495 e. The van der Waals surface area contributed by atoms with E-state index in [0.717, 1.165) is 11.1 Å². The van der Waals surface area contributed by atoms with Crippen LogP contribution in [0.2, 0.25) is 0 Å². The van der Waals surface area contributed by atoms with Gasteiger partial charge >= 0.3 is 0 Å². The standard InChI is InChI=1S/C18H16N2O3/c1-12-8-9-16(22-2)15(10-12)19-18(21)14-11-23-20-17(14)13-6-4-3-5-7-13/h3-11H,1-2H3,(H,19,21). The van der Waals surface area contributed by atoms with E-state index in [9.17, 15) is 4.79 Å². The molecule has 0 spiro atoms. The Bertz CT molecular complexity index is 825. The molecule has 3 aromatic rings. The quantitative estimate of drug-likeness (QED) is 0.793. The number of aromatic nitrogens is 1. The number of carbonyl (C=O) groups is 1. The Morgan fingerprint density at radius 3 is 2.70 bits per heavy atom. The van der Waals surface area contributed by atoms with Gasteiger partial charge < -0.3 is 14.6 Å². The molecule has 116 valence electrons. The van der Waals surface area contributed by atoms with Crippen LogP contribution in [-0.4, -0.2) is 18.2 Å². The fourth-order valence-electron chi connectivity index (χ4n) is 2.31. The van der Waals surface area contributed by atoms with Gasteiger partial charge in [0.25, 0.3) is 5.91 Å². The van der Waals surface area contributed by atoms with Gasteiger partial charge in [0, 0.05) is 5.56 Å². The topological polar surface area (TPSA) is 64.4 Å². The van der Waals surface area contributed by atoms with Gasteiger partial charge in [-0.15, -0.1) is 0 Å². The highest BCUT2D eigenvalue weighted by Gasteiger charge is 2.18. The van der Waals surface area contributed by atoms with Crippen LogP contribution in [0, 0.1) is 6.92 Å². The van der Waals surface area contributed by atoms with Crippen LogP contribution >= 0.6 is 0 Å². The highest BCUT2D eigenvalue weighted by molar-refractivity contribution is 6.08. The van der Waals surface area contributed by atoms with Crippen LogP contribution in [0.3, 0.4) is 0 Å². The third-order valence-electron chi connectivity index (χ3n) is 3.46. The lowest BCUT2D eigenvalue weighted by Gasteiger charge is -2.10. The molecule has 0 radical (unpaired) electrons. The van der Waals surface area contributed by atoms with E-state index in [1.54, 1.807) is 7.11 Å². The monoisotopic (exact) mass is 308 g/mol. The first kappa shape index (κ1) is 14.8. The Kier molecular flexibility index (Phi) is 4.10. The van der Waals surface area contributed by atoms with Crippen molar-refractivity contribution in [2.75, 3.05) is 12.4 Å². The van der Waals surface area contributed by atoms with Gasteiger partial charge in [0.05, 0.1) is 12.8 Å². The fourth-order valence-corrected chi connectivity index (χ4v) is 2.31. The number of nitrogens with one attached hydrogen (secondary N) is 1. The number of ether oxygens (including phenoxy) is 1. The Morgan fingerprint density at radius 1 is 1.17 bits per heavy atom. The highest BCUT2D eigenvalue weighted by Crippen LogP contribution is 2.27. The average molecular weight is 308 g/mol. The second-order valence-electron chi connectivity index (χ2n) is 5.10. The summed E-state index contributed by atoms with van der Waals surface area (Å²) in [6, 6.07) is 15.0. The summed E-state index contributed by atoms with van der Waals surface area (Å²) >= 11 is 0. The highest BCUT2D eigenvalue weighted by atomic mass is 16.5. The third-order valence-corrected chi connectivity index (χ3v) is 3.46. The molecule has 1 aromatic heterocycles. The number of nitrogens with zero attached hydrogens (tertiary/aromatic N) is 1. The molecule has 0 aliphatic heterocycles. The Labute approximate surface area is 133 Å². The van der Waals surface area contributed by atoms with Gasteiger partial charge in [0.1, 0.15) is 23.3 Å². The normalized spacial score (nSPS) is 10.3. The molecule has 0 fully saturated rings. The summed E-state index contributed by atoms with van der Waals surface area (Å²) in [6.45, 7) is 1.95. The molecule has 1 N–H and O–H groups in total. The lowest BCUT2D eigenvalue weighted by Crippen LogP contribution is -2.13. The first-order valence-corrected chi connectivity index (χ1v) is 7.15. The molecular formula is C18H16N2O3. The average Bonchev–Trinajstić information content (AvgIpc) is 3.05. The van der Waals surface area contributed by atoms with Crippen molar-refractivity contribution in [1.29, 1.82) is 0 Å². The molecule has 0 aliphatic rings. The molecule has 3 rings (SSSR count). The van der Waals surface area contributed by atoms with Crippen molar-refractivity contribution >= 4 is 11.6 Å². The lowest BCUT2D eigenvalue weighted by atomic mass is 10.1. The second kappa shape index (κ2) is 6.36. The van der Waals surface area contributed by atoms with Crippen LogP contribution < -0.4 is 10.1 Å². The van der Waals surface area contributed by atoms with E-state index in [-0.39, 0.29) is 5.91 Å². The smallest absolute Gasteiger partial charge is 0.261 e. The van der Waals surface area contributed by atoms with Crippen molar-refractivity contribution in [3.05, 3.63) is 65.9 Å². The van der Waals surface area contributed by atoms with Crippen LogP contribution in [0.4, 0.5) is 5.69 Å². The molecule has 0 bridgehead atoms.